The van der Waals surface area contributed by atoms with Gasteiger partial charge in [-0.15, -0.1) is 0 Å². The van der Waals surface area contributed by atoms with Gasteiger partial charge in [0.2, 0.25) is 12.8 Å². The number of carbonyl (C=O) groups is 4. The Hall–Kier alpha value is -5.29. The average Bonchev–Trinajstić information content (AvgIpc) is 3.75. The first-order valence-corrected chi connectivity index (χ1v) is 20.3. The lowest BCUT2D eigenvalue weighted by molar-refractivity contribution is -0.110. The zero-order valence-electron chi connectivity index (χ0n) is 33.0. The number of benzene rings is 4. The number of carbonyl (C=O) groups excluding carboxylic acids is 4. The molecular weight excluding hydrogens is 799 g/mol. The van der Waals surface area contributed by atoms with Gasteiger partial charge < -0.3 is 30.1 Å². The molecule has 0 aliphatic heterocycles. The molecule has 58 heavy (non-hydrogen) atoms. The number of aromatic nitrogens is 2. The second-order valence-corrected chi connectivity index (χ2v) is 14.8. The van der Waals surface area contributed by atoms with Crippen molar-refractivity contribution in [3.8, 4) is 11.5 Å². The predicted octanol–water partition coefficient (Wildman–Crippen LogP) is 9.65. The molecule has 0 unspecified atom stereocenters. The highest BCUT2D eigenvalue weighted by Gasteiger charge is 2.27. The number of fused-ring (bicyclic) bond motifs is 2. The molecule has 0 spiro atoms. The molecule has 0 radical (unpaired) electrons. The van der Waals surface area contributed by atoms with Crippen molar-refractivity contribution in [2.45, 2.75) is 58.8 Å². The highest BCUT2D eigenvalue weighted by molar-refractivity contribution is 6.36. The van der Waals surface area contributed by atoms with Crippen LogP contribution in [0.15, 0.2) is 66.7 Å². The van der Waals surface area contributed by atoms with Gasteiger partial charge >= 0.3 is 0 Å². The van der Waals surface area contributed by atoms with Gasteiger partial charge in [0.05, 0.1) is 35.4 Å². The second kappa shape index (κ2) is 20.9. The van der Waals surface area contributed by atoms with Crippen LogP contribution in [0.3, 0.4) is 0 Å². The van der Waals surface area contributed by atoms with Gasteiger partial charge in [-0.3, -0.25) is 19.2 Å². The number of ether oxygens (including phenoxy) is 2. The van der Waals surface area contributed by atoms with Gasteiger partial charge in [-0.25, -0.2) is 0 Å². The minimum Gasteiger partial charge on any atom is -0.494 e. The normalized spacial score (nSPS) is 10.9. The Morgan fingerprint density at radius 1 is 0.638 bits per heavy atom. The fraction of sp³-hybridized carbons (Fsp3) is 0.289. The Bertz CT molecular complexity index is 2390. The van der Waals surface area contributed by atoms with E-state index < -0.39 is 0 Å². The average molecular weight is 846 g/mol. The summed E-state index contributed by atoms with van der Waals surface area (Å²) in [7, 11) is 3.02. The van der Waals surface area contributed by atoms with Gasteiger partial charge in [-0.2, -0.15) is 0 Å². The topological polar surface area (TPSA) is 142 Å². The SMILES string of the molecule is CCCCc1[nH]c2cc(Cl)c(OC)c(C(=O)c3ccc(Cl)cc3)c2c1CCNC=O.CCCc1[nH]c2cc(Cl)c(OC)c(C(=O)c3ccccc3)c2c1CCNC=O. The molecule has 2 heterocycles. The third-order valence-electron chi connectivity index (χ3n) is 9.86. The minimum absolute atomic E-state index is 0.142. The maximum atomic E-state index is 13.5. The number of aryl methyl sites for hydroxylation is 2. The molecule has 10 nitrogen and oxygen atoms in total. The molecule has 4 N–H and O–H groups in total. The van der Waals surface area contributed by atoms with E-state index in [0.29, 0.717) is 87.6 Å². The summed E-state index contributed by atoms with van der Waals surface area (Å²) >= 11 is 18.9. The van der Waals surface area contributed by atoms with Gasteiger partial charge in [0.25, 0.3) is 0 Å². The van der Waals surface area contributed by atoms with Crippen LogP contribution in [0.2, 0.25) is 15.1 Å². The zero-order valence-corrected chi connectivity index (χ0v) is 35.2. The molecule has 13 heteroatoms. The summed E-state index contributed by atoms with van der Waals surface area (Å²) in [5.74, 6) is 0.377. The van der Waals surface area contributed by atoms with E-state index in [-0.39, 0.29) is 11.6 Å². The van der Waals surface area contributed by atoms with E-state index in [4.69, 9.17) is 44.3 Å². The Balaban J connectivity index is 0.000000221. The number of aromatic amines is 2. The molecule has 0 saturated heterocycles. The first kappa shape index (κ1) is 43.8. The number of amides is 2. The standard InChI is InChI=1S/C23H24Cl2N2O3.C22H23ClN2O3/c1-3-4-5-18-16(10-11-26-13-28)20-19(27-18)12-17(25)23(30-2)21(20)22(29)14-6-8-15(24)9-7-14;1-3-7-17-15(10-11-24-13-26)19-18(25-17)12-16(23)22(28-2)20(19)21(27)14-8-5-4-6-9-14/h6-9,12-13,27H,3-5,10-11H2,1-2H3,(H,26,28);4-6,8-9,12-13,25H,3,7,10-11H2,1-2H3,(H,24,26). The smallest absolute Gasteiger partial charge is 0.207 e. The third-order valence-corrected chi connectivity index (χ3v) is 10.7. The van der Waals surface area contributed by atoms with Crippen molar-refractivity contribution >= 4 is 81.0 Å². The molecular formula is C45H47Cl3N4O6. The lowest BCUT2D eigenvalue weighted by Crippen LogP contribution is -2.15. The number of ketones is 2. The fourth-order valence-electron chi connectivity index (χ4n) is 7.27. The molecule has 6 aromatic rings. The zero-order chi connectivity index (χ0) is 41.8. The number of unbranched alkanes of at least 4 members (excludes halogenated alkanes) is 1. The van der Waals surface area contributed by atoms with Gasteiger partial charge in [-0.05, 0) is 79.6 Å². The van der Waals surface area contributed by atoms with E-state index in [2.05, 4.69) is 34.4 Å². The van der Waals surface area contributed by atoms with Gasteiger partial charge in [0, 0.05) is 62.4 Å². The summed E-state index contributed by atoms with van der Waals surface area (Å²) in [6.07, 6.45) is 7.24. The van der Waals surface area contributed by atoms with Crippen LogP contribution in [0.5, 0.6) is 11.5 Å². The number of methoxy groups -OCH3 is 2. The molecule has 4 aromatic carbocycles. The largest absolute Gasteiger partial charge is 0.494 e. The van der Waals surface area contributed by atoms with Crippen molar-refractivity contribution in [1.29, 1.82) is 0 Å². The van der Waals surface area contributed by atoms with Crippen LogP contribution in [0.1, 0.15) is 87.5 Å². The van der Waals surface area contributed by atoms with Crippen molar-refractivity contribution in [2.24, 2.45) is 0 Å². The summed E-state index contributed by atoms with van der Waals surface area (Å²) in [5, 5.41) is 8.32. The minimum atomic E-state index is -0.193. The third kappa shape index (κ3) is 9.69. The van der Waals surface area contributed by atoms with Crippen LogP contribution in [0, 0.1) is 0 Å². The van der Waals surface area contributed by atoms with Crippen LogP contribution in [0.4, 0.5) is 0 Å². The quantitative estimate of drug-likeness (QED) is 0.0364. The summed E-state index contributed by atoms with van der Waals surface area (Å²) in [4.78, 5) is 55.3. The fourth-order valence-corrected chi connectivity index (χ4v) is 7.96. The summed E-state index contributed by atoms with van der Waals surface area (Å²) in [6, 6.07) is 19.4. The number of H-pyrrole nitrogens is 2. The van der Waals surface area contributed by atoms with Crippen molar-refractivity contribution in [3.63, 3.8) is 0 Å². The highest BCUT2D eigenvalue weighted by atomic mass is 35.5. The summed E-state index contributed by atoms with van der Waals surface area (Å²) < 4.78 is 11.1. The Kier molecular flexibility index (Phi) is 15.8. The van der Waals surface area contributed by atoms with Crippen LogP contribution in [-0.4, -0.2) is 61.7 Å². The van der Waals surface area contributed by atoms with Crippen molar-refractivity contribution in [3.05, 3.63) is 127 Å². The van der Waals surface area contributed by atoms with Crippen LogP contribution >= 0.6 is 34.8 Å². The molecule has 2 aromatic heterocycles. The van der Waals surface area contributed by atoms with E-state index in [9.17, 15) is 19.2 Å². The van der Waals surface area contributed by atoms with Crippen molar-refractivity contribution in [2.75, 3.05) is 27.3 Å². The van der Waals surface area contributed by atoms with Crippen molar-refractivity contribution < 1.29 is 28.7 Å². The first-order valence-electron chi connectivity index (χ1n) is 19.2. The van der Waals surface area contributed by atoms with Gasteiger partial charge in [-0.1, -0.05) is 91.8 Å². The molecule has 0 aliphatic rings. The van der Waals surface area contributed by atoms with E-state index >= 15 is 0 Å². The molecule has 6 rings (SSSR count). The lowest BCUT2D eigenvalue weighted by Gasteiger charge is -2.13. The molecule has 2 amide bonds. The van der Waals surface area contributed by atoms with Gasteiger partial charge in [0.1, 0.15) is 11.5 Å². The van der Waals surface area contributed by atoms with Crippen LogP contribution in [-0.2, 0) is 35.3 Å². The maximum absolute atomic E-state index is 13.5. The Labute approximate surface area is 352 Å². The molecule has 304 valence electrons. The first-order chi connectivity index (χ1) is 28.1. The summed E-state index contributed by atoms with van der Waals surface area (Å²) in [5.41, 5.74) is 7.64. The maximum Gasteiger partial charge on any atom is 0.207 e. The van der Waals surface area contributed by atoms with Crippen molar-refractivity contribution in [1.82, 2.24) is 20.6 Å². The Morgan fingerprint density at radius 3 is 1.53 bits per heavy atom. The molecule has 0 saturated carbocycles. The molecule has 0 fully saturated rings. The predicted molar refractivity (Wildman–Crippen MR) is 233 cm³/mol. The lowest BCUT2D eigenvalue weighted by atomic mass is 9.94. The number of nitrogens with one attached hydrogen (secondary N) is 4. The van der Waals surface area contributed by atoms with E-state index in [1.54, 1.807) is 48.5 Å². The summed E-state index contributed by atoms with van der Waals surface area (Å²) in [6.45, 7) is 5.18. The van der Waals surface area contributed by atoms with Gasteiger partial charge in [0.15, 0.2) is 11.6 Å². The van der Waals surface area contributed by atoms with E-state index in [1.165, 1.54) is 14.2 Å². The second-order valence-electron chi connectivity index (χ2n) is 13.6. The van der Waals surface area contributed by atoms with Crippen LogP contribution < -0.4 is 20.1 Å². The Morgan fingerprint density at radius 2 is 1.10 bits per heavy atom. The van der Waals surface area contributed by atoms with E-state index in [1.807, 2.05) is 18.2 Å². The van der Waals surface area contributed by atoms with Crippen LogP contribution in [0.25, 0.3) is 21.8 Å². The number of hydrogen-bond acceptors (Lipinski definition) is 6. The number of hydrogen-bond donors (Lipinski definition) is 4. The van der Waals surface area contributed by atoms with E-state index in [0.717, 1.165) is 76.4 Å². The monoisotopic (exact) mass is 844 g/mol. The number of halogens is 3. The molecule has 0 atom stereocenters. The highest BCUT2D eigenvalue weighted by Crippen LogP contribution is 2.41. The number of rotatable bonds is 19. The molecule has 0 bridgehead atoms. The molecule has 0 aliphatic carbocycles.